The Balaban J connectivity index is 1.38. The molecule has 2 aliphatic carbocycles. The summed E-state index contributed by atoms with van der Waals surface area (Å²) in [7, 11) is -1.78. The van der Waals surface area contributed by atoms with Crippen LogP contribution in [0.25, 0.3) is 34.4 Å². The summed E-state index contributed by atoms with van der Waals surface area (Å²) in [5, 5.41) is 3.31. The van der Waals surface area contributed by atoms with Gasteiger partial charge in [0, 0.05) is 0 Å². The Hall–Kier alpha value is -3.42. The Morgan fingerprint density at radius 3 is 1.40 bits per heavy atom. The largest absolute Gasteiger partial charge is 0.103 e. The highest BCUT2D eigenvalue weighted by Gasteiger charge is 2.36. The fraction of sp³-hybridized carbons (Fsp3) is 0.176. The van der Waals surface area contributed by atoms with Gasteiger partial charge in [0.15, 0.2) is 0 Å². The van der Waals surface area contributed by atoms with Gasteiger partial charge in [0.1, 0.15) is 8.07 Å². The summed E-state index contributed by atoms with van der Waals surface area (Å²) in [6.07, 6.45) is 7.27. The quantitative estimate of drug-likeness (QED) is 0.262. The van der Waals surface area contributed by atoms with Crippen LogP contribution < -0.4 is 0 Å². The molecule has 35 heavy (non-hydrogen) atoms. The molecule has 6 rings (SSSR count). The van der Waals surface area contributed by atoms with Gasteiger partial charge in [-0.2, -0.15) is 0 Å². The van der Waals surface area contributed by atoms with Gasteiger partial charge in [0.05, 0.1) is 0 Å². The topological polar surface area (TPSA) is 0 Å². The highest BCUT2D eigenvalue weighted by Crippen LogP contribution is 2.43. The minimum Gasteiger partial charge on any atom is -0.0714 e. The first-order chi connectivity index (χ1) is 16.9. The van der Waals surface area contributed by atoms with Gasteiger partial charge in [-0.15, -0.1) is 0 Å². The van der Waals surface area contributed by atoms with E-state index in [0.717, 1.165) is 12.8 Å². The molecular formula is C34H32Si. The number of rotatable bonds is 4. The Bertz CT molecular complexity index is 1420. The second-order valence-corrected chi connectivity index (χ2v) is 15.3. The highest BCUT2D eigenvalue weighted by atomic mass is 28.3. The molecule has 0 spiro atoms. The van der Waals surface area contributed by atoms with Crippen LogP contribution in [0.3, 0.4) is 0 Å². The van der Waals surface area contributed by atoms with Gasteiger partial charge < -0.3 is 0 Å². The Morgan fingerprint density at radius 1 is 0.543 bits per heavy atom. The lowest BCUT2D eigenvalue weighted by Crippen LogP contribution is -2.32. The molecule has 0 radical (unpaired) electrons. The van der Waals surface area contributed by atoms with E-state index in [1.54, 1.807) is 10.4 Å². The summed E-state index contributed by atoms with van der Waals surface area (Å²) < 4.78 is 0. The fourth-order valence-corrected chi connectivity index (χ4v) is 8.56. The molecule has 0 aliphatic heterocycles. The molecule has 0 amide bonds. The summed E-state index contributed by atoms with van der Waals surface area (Å²) in [5.41, 5.74) is 13.9. The predicted molar refractivity (Wildman–Crippen MR) is 154 cm³/mol. The molecule has 0 aromatic heterocycles. The first kappa shape index (κ1) is 22.1. The molecule has 0 nitrogen and oxygen atoms in total. The molecule has 4 aromatic rings. The van der Waals surface area contributed by atoms with E-state index >= 15 is 0 Å². The van der Waals surface area contributed by atoms with Gasteiger partial charge in [-0.25, -0.2) is 0 Å². The standard InChI is InChI=1S/C34H32Si/c1-23-9-5-11-25(17-23)31-15-7-13-27-19-29(21-33(27)31)35(3,4)30-20-28-14-8-16-32(34(28)22-30)26-12-6-10-24(2)18-26/h5-18,21-22H,19-20H2,1-4H3. The molecule has 0 unspecified atom stereocenters. The lowest BCUT2D eigenvalue weighted by Gasteiger charge is -2.26. The van der Waals surface area contributed by atoms with E-state index in [9.17, 15) is 0 Å². The van der Waals surface area contributed by atoms with Crippen molar-refractivity contribution in [2.75, 3.05) is 0 Å². The second kappa shape index (κ2) is 8.36. The van der Waals surface area contributed by atoms with Gasteiger partial charge in [-0.05, 0) is 71.2 Å². The molecule has 1 heteroatoms. The molecule has 172 valence electrons. The van der Waals surface area contributed by atoms with Crippen molar-refractivity contribution in [3.8, 4) is 22.3 Å². The summed E-state index contributed by atoms with van der Waals surface area (Å²) in [4.78, 5) is 0. The van der Waals surface area contributed by atoms with Crippen molar-refractivity contribution in [1.82, 2.24) is 0 Å². The zero-order chi connectivity index (χ0) is 24.2. The van der Waals surface area contributed by atoms with Crippen LogP contribution in [0.4, 0.5) is 0 Å². The zero-order valence-electron chi connectivity index (χ0n) is 21.2. The third kappa shape index (κ3) is 3.85. The average Bonchev–Trinajstić information content (AvgIpc) is 3.49. The maximum Gasteiger partial charge on any atom is 0.103 e. The van der Waals surface area contributed by atoms with E-state index in [2.05, 4.69) is 124 Å². The van der Waals surface area contributed by atoms with E-state index in [1.807, 2.05) is 0 Å². The van der Waals surface area contributed by atoms with Crippen LogP contribution in [0.15, 0.2) is 95.3 Å². The van der Waals surface area contributed by atoms with Crippen molar-refractivity contribution in [3.63, 3.8) is 0 Å². The molecule has 4 aromatic carbocycles. The third-order valence-electron chi connectivity index (χ3n) is 8.06. The summed E-state index contributed by atoms with van der Waals surface area (Å²) in [5.74, 6) is 0. The number of aryl methyl sites for hydroxylation is 2. The van der Waals surface area contributed by atoms with Gasteiger partial charge in [0.2, 0.25) is 0 Å². The number of hydrogen-bond donors (Lipinski definition) is 0. The first-order valence-electron chi connectivity index (χ1n) is 12.7. The van der Waals surface area contributed by atoms with Crippen molar-refractivity contribution in [2.24, 2.45) is 0 Å². The predicted octanol–water partition coefficient (Wildman–Crippen LogP) is 9.00. The Morgan fingerprint density at radius 2 is 0.971 bits per heavy atom. The van der Waals surface area contributed by atoms with E-state index < -0.39 is 8.07 Å². The Kier molecular flexibility index (Phi) is 5.27. The maximum absolute atomic E-state index is 2.56. The minimum atomic E-state index is -1.78. The van der Waals surface area contributed by atoms with Gasteiger partial charge in [-0.3, -0.25) is 0 Å². The molecule has 0 atom stereocenters. The Labute approximate surface area is 210 Å². The maximum atomic E-state index is 2.56. The summed E-state index contributed by atoms with van der Waals surface area (Å²) >= 11 is 0. The van der Waals surface area contributed by atoms with Crippen LogP contribution in [0.2, 0.25) is 13.1 Å². The van der Waals surface area contributed by atoms with Crippen molar-refractivity contribution in [2.45, 2.75) is 39.8 Å². The number of fused-ring (bicyclic) bond motifs is 2. The summed E-state index contributed by atoms with van der Waals surface area (Å²) in [6, 6.07) is 31.6. The molecule has 0 heterocycles. The smallest absolute Gasteiger partial charge is 0.0714 e. The van der Waals surface area contributed by atoms with Crippen LogP contribution in [0, 0.1) is 13.8 Å². The molecule has 0 fully saturated rings. The third-order valence-corrected chi connectivity index (χ3v) is 11.9. The number of benzene rings is 4. The SMILES string of the molecule is Cc1cccc(-c2cccc3c2C=C([Si](C)(C)C2=Cc4c(cccc4-c4cccc(C)c4)C2)C3)c1. The fourth-order valence-electron chi connectivity index (χ4n) is 5.87. The lowest BCUT2D eigenvalue weighted by atomic mass is 9.96. The monoisotopic (exact) mass is 468 g/mol. The van der Waals surface area contributed by atoms with Crippen LogP contribution in [-0.2, 0) is 12.8 Å². The van der Waals surface area contributed by atoms with E-state index in [0.29, 0.717) is 0 Å². The molecule has 0 saturated carbocycles. The van der Waals surface area contributed by atoms with Gasteiger partial charge in [0.25, 0.3) is 0 Å². The van der Waals surface area contributed by atoms with Crippen molar-refractivity contribution < 1.29 is 0 Å². The number of hydrogen-bond acceptors (Lipinski definition) is 0. The number of allylic oxidation sites excluding steroid dienone is 2. The van der Waals surface area contributed by atoms with Crippen LogP contribution in [0.5, 0.6) is 0 Å². The van der Waals surface area contributed by atoms with E-state index in [-0.39, 0.29) is 0 Å². The van der Waals surface area contributed by atoms with Crippen molar-refractivity contribution >= 4 is 20.2 Å². The normalized spacial score (nSPS) is 14.4. The van der Waals surface area contributed by atoms with Gasteiger partial charge >= 0.3 is 0 Å². The molecule has 0 bridgehead atoms. The van der Waals surface area contributed by atoms with Crippen molar-refractivity contribution in [1.29, 1.82) is 0 Å². The lowest BCUT2D eigenvalue weighted by molar-refractivity contribution is 1.22. The molecule has 0 saturated heterocycles. The second-order valence-electron chi connectivity index (χ2n) is 10.8. The van der Waals surface area contributed by atoms with Crippen molar-refractivity contribution in [3.05, 3.63) is 129 Å². The van der Waals surface area contributed by atoms with E-state index in [1.165, 1.54) is 55.6 Å². The zero-order valence-corrected chi connectivity index (χ0v) is 22.2. The van der Waals surface area contributed by atoms with Crippen LogP contribution in [-0.4, -0.2) is 8.07 Å². The molecule has 2 aliphatic rings. The highest BCUT2D eigenvalue weighted by molar-refractivity contribution is 6.92. The average molecular weight is 469 g/mol. The molecular weight excluding hydrogens is 436 g/mol. The molecule has 0 N–H and O–H groups in total. The minimum absolute atomic E-state index is 1.09. The van der Waals surface area contributed by atoms with Crippen LogP contribution >= 0.6 is 0 Å². The van der Waals surface area contributed by atoms with Gasteiger partial charge in [-0.1, -0.05) is 132 Å². The summed E-state index contributed by atoms with van der Waals surface area (Å²) in [6.45, 7) is 9.47. The van der Waals surface area contributed by atoms with E-state index in [4.69, 9.17) is 0 Å². The first-order valence-corrected chi connectivity index (χ1v) is 15.7. The van der Waals surface area contributed by atoms with Crippen LogP contribution in [0.1, 0.15) is 33.4 Å².